The zero-order chi connectivity index (χ0) is 13.8. The highest BCUT2D eigenvalue weighted by molar-refractivity contribution is 6.32. The summed E-state index contributed by atoms with van der Waals surface area (Å²) in [6, 6.07) is 8.48. The van der Waals surface area contributed by atoms with Gasteiger partial charge in [-0.05, 0) is 23.8 Å². The van der Waals surface area contributed by atoms with Crippen molar-refractivity contribution in [3.63, 3.8) is 0 Å². The van der Waals surface area contributed by atoms with E-state index in [9.17, 15) is 4.79 Å². The van der Waals surface area contributed by atoms with Crippen molar-refractivity contribution in [2.75, 3.05) is 0 Å². The zero-order valence-corrected chi connectivity index (χ0v) is 11.1. The number of carboxylic acid groups (broad SMARTS) is 1. The summed E-state index contributed by atoms with van der Waals surface area (Å²) in [4.78, 5) is 14.6. The Balaban J connectivity index is 2.10. The monoisotopic (exact) mass is 297 g/mol. The Hall–Kier alpha value is -1.78. The lowest BCUT2D eigenvalue weighted by atomic mass is 10.2. The van der Waals surface area contributed by atoms with Gasteiger partial charge in [-0.3, -0.25) is 0 Å². The van der Waals surface area contributed by atoms with E-state index >= 15 is 0 Å². The van der Waals surface area contributed by atoms with Gasteiger partial charge in [0.15, 0.2) is 0 Å². The summed E-state index contributed by atoms with van der Waals surface area (Å²) in [6.45, 7) is 0.250. The minimum Gasteiger partial charge on any atom is -0.478 e. The molecule has 0 fully saturated rings. The molecule has 1 aromatic heterocycles. The maximum absolute atomic E-state index is 10.7. The van der Waals surface area contributed by atoms with Gasteiger partial charge in [0.1, 0.15) is 11.6 Å². The molecule has 98 valence electrons. The first-order valence-corrected chi connectivity index (χ1v) is 6.08. The van der Waals surface area contributed by atoms with E-state index < -0.39 is 5.97 Å². The molecule has 1 heterocycles. The van der Waals surface area contributed by atoms with E-state index in [2.05, 4.69) is 4.98 Å². The Morgan fingerprint density at radius 3 is 2.74 bits per heavy atom. The third kappa shape index (κ3) is 3.59. The second kappa shape index (κ2) is 5.91. The van der Waals surface area contributed by atoms with Crippen LogP contribution < -0.4 is 4.74 Å². The average molecular weight is 298 g/mol. The minimum atomic E-state index is -1.09. The first-order chi connectivity index (χ1) is 9.06. The van der Waals surface area contributed by atoms with Crippen LogP contribution in [0.2, 0.25) is 10.0 Å². The summed E-state index contributed by atoms with van der Waals surface area (Å²) in [5.74, 6) is -0.901. The van der Waals surface area contributed by atoms with Crippen molar-refractivity contribution >= 4 is 29.2 Å². The third-order valence-corrected chi connectivity index (χ3v) is 2.82. The second-order valence-electron chi connectivity index (χ2n) is 3.73. The van der Waals surface area contributed by atoms with Gasteiger partial charge in [0.25, 0.3) is 0 Å². The molecule has 2 aromatic rings. The van der Waals surface area contributed by atoms with Crippen molar-refractivity contribution in [1.29, 1.82) is 0 Å². The van der Waals surface area contributed by atoms with Crippen molar-refractivity contribution < 1.29 is 14.6 Å². The first-order valence-electron chi connectivity index (χ1n) is 5.32. The highest BCUT2D eigenvalue weighted by Crippen LogP contribution is 2.23. The van der Waals surface area contributed by atoms with Crippen molar-refractivity contribution in [3.8, 4) is 5.88 Å². The van der Waals surface area contributed by atoms with Gasteiger partial charge in [-0.2, -0.15) is 0 Å². The Bertz CT molecular complexity index is 617. The van der Waals surface area contributed by atoms with Gasteiger partial charge in [-0.25, -0.2) is 9.78 Å². The molecule has 0 aliphatic carbocycles. The number of aromatic nitrogens is 1. The van der Waals surface area contributed by atoms with E-state index in [1.54, 1.807) is 12.1 Å². The van der Waals surface area contributed by atoms with E-state index in [1.165, 1.54) is 12.3 Å². The summed E-state index contributed by atoms with van der Waals surface area (Å²) in [6.07, 6.45) is 1.20. The maximum Gasteiger partial charge on any atom is 0.337 e. The van der Waals surface area contributed by atoms with Gasteiger partial charge in [-0.1, -0.05) is 35.3 Å². The summed E-state index contributed by atoms with van der Waals surface area (Å²) >= 11 is 11.7. The number of pyridine rings is 1. The third-order valence-electron chi connectivity index (χ3n) is 2.32. The zero-order valence-electron chi connectivity index (χ0n) is 9.64. The topological polar surface area (TPSA) is 59.4 Å². The molecule has 0 saturated heterocycles. The number of aromatic carboxylic acids is 1. The number of rotatable bonds is 4. The molecule has 0 unspecified atom stereocenters. The van der Waals surface area contributed by atoms with Crippen molar-refractivity contribution in [3.05, 3.63) is 57.7 Å². The normalized spacial score (nSPS) is 10.2. The Kier molecular flexibility index (Phi) is 4.24. The lowest BCUT2D eigenvalue weighted by Gasteiger charge is -2.07. The number of carbonyl (C=O) groups is 1. The fourth-order valence-electron chi connectivity index (χ4n) is 1.43. The highest BCUT2D eigenvalue weighted by atomic mass is 35.5. The Labute approximate surface area is 119 Å². The largest absolute Gasteiger partial charge is 0.478 e. The predicted molar refractivity (Wildman–Crippen MR) is 72.0 cm³/mol. The molecule has 0 amide bonds. The minimum absolute atomic E-state index is 0.0140. The van der Waals surface area contributed by atoms with Crippen LogP contribution >= 0.6 is 23.2 Å². The van der Waals surface area contributed by atoms with Crippen molar-refractivity contribution in [2.24, 2.45) is 0 Å². The van der Waals surface area contributed by atoms with E-state index in [0.717, 1.165) is 5.56 Å². The molecule has 0 aliphatic rings. The van der Waals surface area contributed by atoms with Crippen LogP contribution in [0.25, 0.3) is 0 Å². The number of hydrogen-bond donors (Lipinski definition) is 1. The van der Waals surface area contributed by atoms with Crippen LogP contribution in [-0.2, 0) is 6.61 Å². The van der Waals surface area contributed by atoms with Crippen LogP contribution in [0.5, 0.6) is 5.88 Å². The number of hydrogen-bond acceptors (Lipinski definition) is 3. The summed E-state index contributed by atoms with van der Waals surface area (Å²) in [5.41, 5.74) is 0.882. The standard InChI is InChI=1S/C13H9Cl2NO3/c14-10-3-1-2-8(4-10)7-19-12-11(15)5-9(6-16-12)13(17)18/h1-6H,7H2,(H,17,18). The number of benzene rings is 1. The molecule has 0 atom stereocenters. The van der Waals surface area contributed by atoms with Gasteiger partial charge in [0, 0.05) is 11.2 Å². The molecular weight excluding hydrogens is 289 g/mol. The lowest BCUT2D eigenvalue weighted by molar-refractivity contribution is 0.0696. The molecule has 0 saturated carbocycles. The van der Waals surface area contributed by atoms with Crippen LogP contribution in [0.4, 0.5) is 0 Å². The second-order valence-corrected chi connectivity index (χ2v) is 4.58. The first kappa shape index (κ1) is 13.6. The smallest absolute Gasteiger partial charge is 0.337 e. The van der Waals surface area contributed by atoms with Crippen molar-refractivity contribution in [2.45, 2.75) is 6.61 Å². The molecule has 4 nitrogen and oxygen atoms in total. The summed E-state index contributed by atoms with van der Waals surface area (Å²) in [7, 11) is 0. The molecule has 1 N–H and O–H groups in total. The maximum atomic E-state index is 10.7. The van der Waals surface area contributed by atoms with Crippen LogP contribution in [0.3, 0.4) is 0 Å². The average Bonchev–Trinajstić information content (AvgIpc) is 2.37. The Morgan fingerprint density at radius 2 is 2.11 bits per heavy atom. The van der Waals surface area contributed by atoms with E-state index in [0.29, 0.717) is 5.02 Å². The van der Waals surface area contributed by atoms with Crippen molar-refractivity contribution in [1.82, 2.24) is 4.98 Å². The van der Waals surface area contributed by atoms with E-state index in [4.69, 9.17) is 33.0 Å². The predicted octanol–water partition coefficient (Wildman–Crippen LogP) is 3.67. The molecule has 0 spiro atoms. The van der Waals surface area contributed by atoms with Crippen LogP contribution in [-0.4, -0.2) is 16.1 Å². The molecular formula is C13H9Cl2NO3. The SMILES string of the molecule is O=C(O)c1cnc(OCc2cccc(Cl)c2)c(Cl)c1. The van der Waals surface area contributed by atoms with Gasteiger partial charge >= 0.3 is 5.97 Å². The molecule has 0 radical (unpaired) electrons. The fourth-order valence-corrected chi connectivity index (χ4v) is 1.86. The summed E-state index contributed by atoms with van der Waals surface area (Å²) < 4.78 is 5.42. The number of nitrogens with zero attached hydrogens (tertiary/aromatic N) is 1. The fraction of sp³-hybridized carbons (Fsp3) is 0.0769. The number of ether oxygens (including phenoxy) is 1. The number of halogens is 2. The molecule has 19 heavy (non-hydrogen) atoms. The summed E-state index contributed by atoms with van der Waals surface area (Å²) in [5, 5.41) is 9.55. The molecule has 0 bridgehead atoms. The van der Waals surface area contributed by atoms with E-state index in [-0.39, 0.29) is 23.1 Å². The van der Waals surface area contributed by atoms with Gasteiger partial charge in [0.05, 0.1) is 5.56 Å². The quantitative estimate of drug-likeness (QED) is 0.935. The molecule has 6 heteroatoms. The lowest BCUT2D eigenvalue weighted by Crippen LogP contribution is -2.01. The van der Waals surface area contributed by atoms with E-state index in [1.807, 2.05) is 12.1 Å². The molecule has 0 aliphatic heterocycles. The highest BCUT2D eigenvalue weighted by Gasteiger charge is 2.09. The Morgan fingerprint density at radius 1 is 1.32 bits per heavy atom. The van der Waals surface area contributed by atoms with Crippen LogP contribution in [0.15, 0.2) is 36.5 Å². The molecule has 1 aromatic carbocycles. The van der Waals surface area contributed by atoms with Crippen LogP contribution in [0.1, 0.15) is 15.9 Å². The molecule has 2 rings (SSSR count). The van der Waals surface area contributed by atoms with Gasteiger partial charge in [0.2, 0.25) is 5.88 Å². The van der Waals surface area contributed by atoms with Crippen LogP contribution in [0, 0.1) is 0 Å². The van der Waals surface area contributed by atoms with Gasteiger partial charge < -0.3 is 9.84 Å². The number of carboxylic acids is 1. The van der Waals surface area contributed by atoms with Gasteiger partial charge in [-0.15, -0.1) is 0 Å².